The number of rotatable bonds is 4. The van der Waals surface area contributed by atoms with Gasteiger partial charge in [-0.3, -0.25) is 4.90 Å². The maximum absolute atomic E-state index is 5.58. The molecule has 82 valence electrons. The van der Waals surface area contributed by atoms with E-state index in [0.29, 0.717) is 5.92 Å². The molecule has 3 nitrogen and oxygen atoms in total. The zero-order chi connectivity index (χ0) is 10.7. The third-order valence-corrected chi connectivity index (χ3v) is 2.93. The Labute approximate surface area is 90.8 Å². The van der Waals surface area contributed by atoms with Gasteiger partial charge in [-0.25, -0.2) is 0 Å². The molecule has 0 bridgehead atoms. The van der Waals surface area contributed by atoms with E-state index in [-0.39, 0.29) is 0 Å². The highest BCUT2D eigenvalue weighted by atomic mass is 16.5. The summed E-state index contributed by atoms with van der Waals surface area (Å²) in [5, 5.41) is 0. The van der Waals surface area contributed by atoms with Gasteiger partial charge in [0.2, 0.25) is 0 Å². The van der Waals surface area contributed by atoms with Crippen LogP contribution in [0.15, 0.2) is 24.3 Å². The molecule has 1 aromatic carbocycles. The standard InChI is InChI=1S/C12H18N2O/c1-15-12-4-2-10(3-5-12)7-14-8-11(6-13)9-14/h2-5,11H,6-9,13H2,1H3. The maximum Gasteiger partial charge on any atom is 0.118 e. The lowest BCUT2D eigenvalue weighted by molar-refractivity contribution is 0.0979. The van der Waals surface area contributed by atoms with Crippen LogP contribution in [-0.2, 0) is 6.54 Å². The van der Waals surface area contributed by atoms with Crippen LogP contribution in [0.1, 0.15) is 5.56 Å². The first kappa shape index (κ1) is 10.5. The van der Waals surface area contributed by atoms with Crippen molar-refractivity contribution in [3.8, 4) is 5.75 Å². The minimum Gasteiger partial charge on any atom is -0.497 e. The minimum atomic E-state index is 0.711. The summed E-state index contributed by atoms with van der Waals surface area (Å²) in [5.74, 6) is 1.63. The van der Waals surface area contributed by atoms with Crippen molar-refractivity contribution in [3.63, 3.8) is 0 Å². The van der Waals surface area contributed by atoms with Crippen molar-refractivity contribution in [2.24, 2.45) is 11.7 Å². The van der Waals surface area contributed by atoms with Gasteiger partial charge < -0.3 is 10.5 Å². The lowest BCUT2D eigenvalue weighted by atomic mass is 10.00. The Hall–Kier alpha value is -1.06. The first-order valence-corrected chi connectivity index (χ1v) is 5.37. The molecule has 0 amide bonds. The molecule has 3 heteroatoms. The molecule has 1 aliphatic rings. The van der Waals surface area contributed by atoms with Gasteiger partial charge in [-0.1, -0.05) is 12.1 Å². The van der Waals surface area contributed by atoms with Gasteiger partial charge in [-0.05, 0) is 30.2 Å². The van der Waals surface area contributed by atoms with E-state index >= 15 is 0 Å². The van der Waals surface area contributed by atoms with Crippen LogP contribution in [0.5, 0.6) is 5.75 Å². The molecule has 0 atom stereocenters. The summed E-state index contributed by atoms with van der Waals surface area (Å²) in [4.78, 5) is 2.42. The first-order chi connectivity index (χ1) is 7.31. The average Bonchev–Trinajstić information content (AvgIpc) is 2.23. The second kappa shape index (κ2) is 4.64. The molecule has 1 aromatic rings. The minimum absolute atomic E-state index is 0.711. The summed E-state index contributed by atoms with van der Waals surface area (Å²) in [6.07, 6.45) is 0. The van der Waals surface area contributed by atoms with Gasteiger partial charge in [-0.2, -0.15) is 0 Å². The molecular weight excluding hydrogens is 188 g/mol. The Kier molecular flexibility index (Phi) is 3.23. The summed E-state index contributed by atoms with van der Waals surface area (Å²) in [6.45, 7) is 4.13. The van der Waals surface area contributed by atoms with E-state index in [2.05, 4.69) is 17.0 Å². The van der Waals surface area contributed by atoms with Crippen molar-refractivity contribution in [3.05, 3.63) is 29.8 Å². The number of methoxy groups -OCH3 is 1. The van der Waals surface area contributed by atoms with Crippen molar-refractivity contribution in [2.45, 2.75) is 6.54 Å². The number of nitrogens with zero attached hydrogens (tertiary/aromatic N) is 1. The van der Waals surface area contributed by atoms with Crippen LogP contribution >= 0.6 is 0 Å². The molecule has 1 aliphatic heterocycles. The normalized spacial score (nSPS) is 17.5. The number of hydrogen-bond acceptors (Lipinski definition) is 3. The van der Waals surface area contributed by atoms with Crippen molar-refractivity contribution >= 4 is 0 Å². The Morgan fingerprint density at radius 2 is 2.00 bits per heavy atom. The van der Waals surface area contributed by atoms with Crippen molar-refractivity contribution in [1.82, 2.24) is 4.90 Å². The molecule has 1 heterocycles. The van der Waals surface area contributed by atoms with Gasteiger partial charge in [0, 0.05) is 19.6 Å². The van der Waals surface area contributed by atoms with Gasteiger partial charge in [0.05, 0.1) is 7.11 Å². The fraction of sp³-hybridized carbons (Fsp3) is 0.500. The molecule has 0 spiro atoms. The molecule has 1 saturated heterocycles. The van der Waals surface area contributed by atoms with E-state index in [1.165, 1.54) is 5.56 Å². The predicted octanol–water partition coefficient (Wildman–Crippen LogP) is 1.09. The molecule has 15 heavy (non-hydrogen) atoms. The van der Waals surface area contributed by atoms with Crippen LogP contribution in [0.3, 0.4) is 0 Å². The Morgan fingerprint density at radius 1 is 1.33 bits per heavy atom. The Balaban J connectivity index is 1.84. The second-order valence-corrected chi connectivity index (χ2v) is 4.14. The van der Waals surface area contributed by atoms with E-state index in [9.17, 15) is 0 Å². The summed E-state index contributed by atoms with van der Waals surface area (Å²) in [5.41, 5.74) is 6.92. The molecular formula is C12H18N2O. The monoisotopic (exact) mass is 206 g/mol. The van der Waals surface area contributed by atoms with Crippen molar-refractivity contribution in [2.75, 3.05) is 26.7 Å². The molecule has 0 saturated carbocycles. The Morgan fingerprint density at radius 3 is 2.53 bits per heavy atom. The molecule has 2 rings (SSSR count). The highest BCUT2D eigenvalue weighted by Crippen LogP contribution is 2.19. The fourth-order valence-corrected chi connectivity index (χ4v) is 1.94. The zero-order valence-electron chi connectivity index (χ0n) is 9.15. The first-order valence-electron chi connectivity index (χ1n) is 5.37. The van der Waals surface area contributed by atoms with Crippen LogP contribution in [0.4, 0.5) is 0 Å². The van der Waals surface area contributed by atoms with Gasteiger partial charge in [-0.15, -0.1) is 0 Å². The number of nitrogens with two attached hydrogens (primary N) is 1. The van der Waals surface area contributed by atoms with Gasteiger partial charge in [0.15, 0.2) is 0 Å². The summed E-state index contributed by atoms with van der Waals surface area (Å²) in [6, 6.07) is 8.26. The second-order valence-electron chi connectivity index (χ2n) is 4.14. The van der Waals surface area contributed by atoms with Gasteiger partial charge >= 0.3 is 0 Å². The van der Waals surface area contributed by atoms with Gasteiger partial charge in [0.25, 0.3) is 0 Å². The lowest BCUT2D eigenvalue weighted by Gasteiger charge is -2.38. The van der Waals surface area contributed by atoms with Crippen LogP contribution in [-0.4, -0.2) is 31.6 Å². The zero-order valence-corrected chi connectivity index (χ0v) is 9.15. The summed E-state index contributed by atoms with van der Waals surface area (Å²) in [7, 11) is 1.69. The molecule has 2 N–H and O–H groups in total. The van der Waals surface area contributed by atoms with Gasteiger partial charge in [0.1, 0.15) is 5.75 Å². The average molecular weight is 206 g/mol. The lowest BCUT2D eigenvalue weighted by Crippen LogP contribution is -2.49. The highest BCUT2D eigenvalue weighted by Gasteiger charge is 2.24. The number of likely N-dealkylation sites (tertiary alicyclic amines) is 1. The van der Waals surface area contributed by atoms with E-state index in [1.54, 1.807) is 7.11 Å². The smallest absolute Gasteiger partial charge is 0.118 e. The highest BCUT2D eigenvalue weighted by molar-refractivity contribution is 5.27. The van der Waals surface area contributed by atoms with Crippen LogP contribution in [0.2, 0.25) is 0 Å². The van der Waals surface area contributed by atoms with Crippen LogP contribution in [0.25, 0.3) is 0 Å². The van der Waals surface area contributed by atoms with E-state index in [1.807, 2.05) is 12.1 Å². The fourth-order valence-electron chi connectivity index (χ4n) is 1.94. The van der Waals surface area contributed by atoms with Crippen molar-refractivity contribution in [1.29, 1.82) is 0 Å². The third-order valence-electron chi connectivity index (χ3n) is 2.93. The molecule has 0 aliphatic carbocycles. The summed E-state index contributed by atoms with van der Waals surface area (Å²) >= 11 is 0. The van der Waals surface area contributed by atoms with Crippen LogP contribution in [0, 0.1) is 5.92 Å². The van der Waals surface area contributed by atoms with E-state index in [0.717, 1.165) is 31.9 Å². The quantitative estimate of drug-likeness (QED) is 0.801. The topological polar surface area (TPSA) is 38.5 Å². The van der Waals surface area contributed by atoms with Crippen LogP contribution < -0.4 is 10.5 Å². The Bertz CT molecular complexity index is 304. The van der Waals surface area contributed by atoms with Crippen molar-refractivity contribution < 1.29 is 4.74 Å². The largest absolute Gasteiger partial charge is 0.497 e. The third kappa shape index (κ3) is 2.49. The maximum atomic E-state index is 5.58. The molecule has 0 radical (unpaired) electrons. The predicted molar refractivity (Wildman–Crippen MR) is 60.8 cm³/mol. The molecule has 0 unspecified atom stereocenters. The van der Waals surface area contributed by atoms with E-state index in [4.69, 9.17) is 10.5 Å². The molecule has 1 fully saturated rings. The summed E-state index contributed by atoms with van der Waals surface area (Å²) < 4.78 is 5.12. The van der Waals surface area contributed by atoms with E-state index < -0.39 is 0 Å². The SMILES string of the molecule is COc1ccc(CN2CC(CN)C2)cc1. The number of hydrogen-bond donors (Lipinski definition) is 1. The number of benzene rings is 1. The molecule has 0 aromatic heterocycles. The number of ether oxygens (including phenoxy) is 1.